The molecule has 1 aromatic carbocycles. The molecule has 1 N–H and O–H groups in total. The molecule has 3 rings (SSSR count). The van der Waals surface area contributed by atoms with Crippen LogP contribution in [-0.4, -0.2) is 54.8 Å². The van der Waals surface area contributed by atoms with Crippen molar-refractivity contribution in [3.63, 3.8) is 0 Å². The highest BCUT2D eigenvalue weighted by Crippen LogP contribution is 2.38. The molecule has 1 unspecified atom stereocenters. The molecule has 1 atom stereocenters. The maximum absolute atomic E-state index is 12.7. The van der Waals surface area contributed by atoms with E-state index in [1.165, 1.54) is 16.7 Å². The number of rotatable bonds is 10. The molecular weight excluding hydrogens is 496 g/mol. The van der Waals surface area contributed by atoms with E-state index < -0.39 is 12.3 Å². The van der Waals surface area contributed by atoms with Gasteiger partial charge in [-0.15, -0.1) is 0 Å². The summed E-state index contributed by atoms with van der Waals surface area (Å²) < 4.78 is 16.6. The Morgan fingerprint density at radius 1 is 1.10 bits per heavy atom. The molecule has 1 fully saturated rings. The van der Waals surface area contributed by atoms with Gasteiger partial charge in [0, 0.05) is 18.7 Å². The van der Waals surface area contributed by atoms with Crippen LogP contribution in [0.4, 0.5) is 10.5 Å². The molecule has 1 aliphatic rings. The second-order valence-corrected chi connectivity index (χ2v) is 11.0. The topological polar surface area (TPSA) is 94.3 Å². The number of carbonyl (C=O) groups excluding carboxylic acids is 2. The molecule has 1 saturated heterocycles. The van der Waals surface area contributed by atoms with Gasteiger partial charge in [0.05, 0.1) is 25.1 Å². The van der Waals surface area contributed by atoms with Crippen LogP contribution in [0.1, 0.15) is 77.4 Å². The van der Waals surface area contributed by atoms with E-state index in [1.807, 2.05) is 6.07 Å². The lowest BCUT2D eigenvalue weighted by atomic mass is 9.76. The van der Waals surface area contributed by atoms with Crippen molar-refractivity contribution in [3.05, 3.63) is 64.8 Å². The van der Waals surface area contributed by atoms with Crippen LogP contribution < -0.4 is 10.1 Å². The summed E-state index contributed by atoms with van der Waals surface area (Å²) >= 11 is 0. The van der Waals surface area contributed by atoms with Gasteiger partial charge in [-0.2, -0.15) is 0 Å². The first-order chi connectivity index (χ1) is 18.5. The predicted molar refractivity (Wildman–Crippen MR) is 150 cm³/mol. The molecule has 9 nitrogen and oxygen atoms in total. The number of nitrogens with zero attached hydrogens (tertiary/aromatic N) is 3. The van der Waals surface area contributed by atoms with Crippen molar-refractivity contribution in [1.82, 2.24) is 9.88 Å². The Morgan fingerprint density at radius 2 is 1.79 bits per heavy atom. The van der Waals surface area contributed by atoms with Gasteiger partial charge in [0.25, 0.3) is 5.91 Å². The highest BCUT2D eigenvalue weighted by atomic mass is 16.6. The van der Waals surface area contributed by atoms with Crippen molar-refractivity contribution >= 4 is 17.7 Å². The Labute approximate surface area is 231 Å². The monoisotopic (exact) mass is 536 g/mol. The fourth-order valence-corrected chi connectivity index (χ4v) is 4.03. The minimum absolute atomic E-state index is 0.0424. The summed E-state index contributed by atoms with van der Waals surface area (Å²) in [7, 11) is 0. The lowest BCUT2D eigenvalue weighted by molar-refractivity contribution is -0.118. The summed E-state index contributed by atoms with van der Waals surface area (Å²) in [6.07, 6.45) is 1.63. The number of hydrogen-bond donors (Lipinski definition) is 1. The van der Waals surface area contributed by atoms with Crippen molar-refractivity contribution in [3.8, 4) is 5.75 Å². The van der Waals surface area contributed by atoms with Crippen molar-refractivity contribution in [1.29, 1.82) is 0 Å². The average Bonchev–Trinajstić information content (AvgIpc) is 2.95. The molecule has 1 aromatic heterocycles. The summed E-state index contributed by atoms with van der Waals surface area (Å²) in [5.41, 5.74) is 2.99. The Balaban J connectivity index is 1.63. The number of nitrogens with one attached hydrogen (secondary N) is 1. The smallest absolute Gasteiger partial charge is 0.415 e. The first kappa shape index (κ1) is 29.9. The molecule has 0 radical (unpaired) electrons. The molecule has 0 aliphatic carbocycles. The molecule has 210 valence electrons. The molecule has 2 heterocycles. The standard InChI is InChI=1S/C30H40N4O5/c1-8-29(3,4)21-10-13-25(23(18-21)30(5,6)9-2)38-20-26(35)33-22-11-12-24(32-19-22)27(31-7)39-28(36)34-14-16-37-17-15-34/h10-13,18-19,27H,8-9,14-17,20H2,1-6H3,(H,33,35). The van der Waals surface area contributed by atoms with Crippen LogP contribution >= 0.6 is 0 Å². The zero-order valence-electron chi connectivity index (χ0n) is 23.9. The Bertz CT molecular complexity index is 1180. The van der Waals surface area contributed by atoms with Crippen LogP contribution in [-0.2, 0) is 25.1 Å². The van der Waals surface area contributed by atoms with E-state index in [0.29, 0.717) is 37.7 Å². The number of ether oxygens (including phenoxy) is 3. The molecule has 0 spiro atoms. The quantitative estimate of drug-likeness (QED) is 0.382. The first-order valence-electron chi connectivity index (χ1n) is 13.4. The van der Waals surface area contributed by atoms with Crippen molar-refractivity contribution in [2.45, 2.75) is 71.4 Å². The third-order valence-electron chi connectivity index (χ3n) is 7.54. The fraction of sp³-hybridized carbons (Fsp3) is 0.533. The molecule has 0 bridgehead atoms. The van der Waals surface area contributed by atoms with Crippen LogP contribution in [0.15, 0.2) is 36.5 Å². The number of amides is 2. The second-order valence-electron chi connectivity index (χ2n) is 11.0. The Kier molecular flexibility index (Phi) is 9.92. The van der Waals surface area contributed by atoms with E-state index in [2.05, 4.69) is 68.8 Å². The van der Waals surface area contributed by atoms with Gasteiger partial charge in [0.15, 0.2) is 12.3 Å². The van der Waals surface area contributed by atoms with Gasteiger partial charge >= 0.3 is 12.3 Å². The second kappa shape index (κ2) is 12.9. The van der Waals surface area contributed by atoms with Gasteiger partial charge in [0.1, 0.15) is 5.75 Å². The average molecular weight is 537 g/mol. The van der Waals surface area contributed by atoms with Gasteiger partial charge in [-0.3, -0.25) is 9.64 Å². The highest BCUT2D eigenvalue weighted by Gasteiger charge is 2.28. The maximum atomic E-state index is 12.7. The van der Waals surface area contributed by atoms with Crippen LogP contribution in [0.5, 0.6) is 5.75 Å². The summed E-state index contributed by atoms with van der Waals surface area (Å²) in [6, 6.07) is 9.43. The van der Waals surface area contributed by atoms with Crippen LogP contribution in [0.25, 0.3) is 4.85 Å². The molecule has 2 aromatic rings. The predicted octanol–water partition coefficient (Wildman–Crippen LogP) is 5.86. The molecular formula is C30H40N4O5. The highest BCUT2D eigenvalue weighted by molar-refractivity contribution is 5.91. The molecule has 39 heavy (non-hydrogen) atoms. The lowest BCUT2D eigenvalue weighted by Gasteiger charge is -2.30. The van der Waals surface area contributed by atoms with Gasteiger partial charge in [-0.05, 0) is 47.4 Å². The van der Waals surface area contributed by atoms with Gasteiger partial charge in [-0.1, -0.05) is 53.7 Å². The Morgan fingerprint density at radius 3 is 2.38 bits per heavy atom. The summed E-state index contributed by atoms with van der Waals surface area (Å²) in [4.78, 5) is 34.1. The van der Waals surface area contributed by atoms with E-state index >= 15 is 0 Å². The van der Waals surface area contributed by atoms with E-state index in [1.54, 1.807) is 12.1 Å². The minimum atomic E-state index is -1.17. The van der Waals surface area contributed by atoms with Gasteiger partial charge in [0.2, 0.25) is 0 Å². The summed E-state index contributed by atoms with van der Waals surface area (Å²) in [5.74, 6) is 0.367. The van der Waals surface area contributed by atoms with E-state index in [4.69, 9.17) is 20.8 Å². The molecule has 9 heteroatoms. The first-order valence-corrected chi connectivity index (χ1v) is 13.4. The number of anilines is 1. The number of hydrogen-bond acceptors (Lipinski definition) is 6. The molecule has 2 amide bonds. The van der Waals surface area contributed by atoms with Crippen LogP contribution in [0, 0.1) is 6.57 Å². The third-order valence-corrected chi connectivity index (χ3v) is 7.54. The largest absolute Gasteiger partial charge is 0.483 e. The van der Waals surface area contributed by atoms with Crippen LogP contribution in [0.2, 0.25) is 0 Å². The number of pyridine rings is 1. The number of aromatic nitrogens is 1. The van der Waals surface area contributed by atoms with Gasteiger partial charge < -0.3 is 24.4 Å². The zero-order chi connectivity index (χ0) is 28.6. The Hall–Kier alpha value is -3.64. The third kappa shape index (κ3) is 7.70. The lowest BCUT2D eigenvalue weighted by Crippen LogP contribution is -2.41. The normalized spacial score (nSPS) is 14.7. The maximum Gasteiger partial charge on any atom is 0.415 e. The van der Waals surface area contributed by atoms with E-state index in [-0.39, 0.29) is 29.0 Å². The van der Waals surface area contributed by atoms with E-state index in [9.17, 15) is 9.59 Å². The zero-order valence-corrected chi connectivity index (χ0v) is 23.9. The molecule has 1 aliphatic heterocycles. The van der Waals surface area contributed by atoms with Crippen molar-refractivity contribution in [2.24, 2.45) is 0 Å². The SMILES string of the molecule is [C-]#[N+]C(OC(=O)N1CCOCC1)c1ccc(NC(=O)COc2ccc(C(C)(C)CC)cc2C(C)(C)CC)cn1. The number of carbonyl (C=O) groups is 2. The van der Waals surface area contributed by atoms with Crippen LogP contribution in [0.3, 0.4) is 0 Å². The van der Waals surface area contributed by atoms with Crippen molar-refractivity contribution < 1.29 is 23.8 Å². The van der Waals surface area contributed by atoms with E-state index in [0.717, 1.165) is 18.4 Å². The molecule has 0 saturated carbocycles. The number of benzene rings is 1. The summed E-state index contributed by atoms with van der Waals surface area (Å²) in [5, 5.41) is 2.77. The van der Waals surface area contributed by atoms with Crippen molar-refractivity contribution in [2.75, 3.05) is 38.2 Å². The fourth-order valence-electron chi connectivity index (χ4n) is 4.03. The minimum Gasteiger partial charge on any atom is -0.483 e. The summed E-state index contributed by atoms with van der Waals surface area (Å²) in [6.45, 7) is 22.1. The van der Waals surface area contributed by atoms with Gasteiger partial charge in [-0.25, -0.2) is 16.4 Å². The number of morpholine rings is 1.